The lowest BCUT2D eigenvalue weighted by atomic mass is 10.4. The minimum Gasteiger partial charge on any atom is -0.332 e. The number of nitrogens with one attached hydrogen (secondary N) is 1. The summed E-state index contributed by atoms with van der Waals surface area (Å²) in [7, 11) is 0. The van der Waals surface area contributed by atoms with E-state index < -0.39 is 0 Å². The third kappa shape index (κ3) is 1.08. The maximum atomic E-state index is 5.31. The fraction of sp³-hybridized carbons (Fsp3) is 0.167. The molecule has 0 aromatic carbocycles. The molecule has 0 aliphatic rings. The van der Waals surface area contributed by atoms with Crippen LogP contribution in [0.3, 0.4) is 0 Å². The molecule has 0 bridgehead atoms. The van der Waals surface area contributed by atoms with E-state index in [1.165, 1.54) is 0 Å². The zero-order valence-corrected chi connectivity index (χ0v) is 6.19. The normalized spacial score (nSPS) is 10.4. The van der Waals surface area contributed by atoms with E-state index in [0.717, 1.165) is 0 Å². The summed E-state index contributed by atoms with van der Waals surface area (Å²) in [5.74, 6) is 0.896. The van der Waals surface area contributed by atoms with Gasteiger partial charge in [0.25, 0.3) is 5.89 Å². The molecule has 2 heterocycles. The molecule has 6 nitrogen and oxygen atoms in total. The van der Waals surface area contributed by atoms with Crippen LogP contribution in [-0.2, 0) is 6.54 Å². The Kier molecular flexibility index (Phi) is 1.60. The minimum absolute atomic E-state index is 0.275. The van der Waals surface area contributed by atoms with E-state index in [1.54, 1.807) is 12.3 Å². The van der Waals surface area contributed by atoms with Gasteiger partial charge in [-0.05, 0) is 6.07 Å². The SMILES string of the molecule is NCc1noc(-c2ccn[nH]2)n1. The second-order valence-corrected chi connectivity index (χ2v) is 2.19. The van der Waals surface area contributed by atoms with Crippen molar-refractivity contribution in [3.8, 4) is 11.6 Å². The molecule has 0 saturated carbocycles. The third-order valence-electron chi connectivity index (χ3n) is 1.38. The second-order valence-electron chi connectivity index (χ2n) is 2.19. The van der Waals surface area contributed by atoms with Crippen LogP contribution in [0.2, 0.25) is 0 Å². The van der Waals surface area contributed by atoms with Crippen LogP contribution in [0.4, 0.5) is 0 Å². The molecule has 0 saturated heterocycles. The molecule has 6 heteroatoms. The summed E-state index contributed by atoms with van der Waals surface area (Å²) < 4.78 is 4.89. The Hall–Kier alpha value is -1.69. The summed E-state index contributed by atoms with van der Waals surface area (Å²) >= 11 is 0. The number of nitrogens with zero attached hydrogens (tertiary/aromatic N) is 3. The van der Waals surface area contributed by atoms with Gasteiger partial charge in [-0.15, -0.1) is 0 Å². The van der Waals surface area contributed by atoms with Crippen LogP contribution >= 0.6 is 0 Å². The molecule has 2 aromatic rings. The summed E-state index contributed by atoms with van der Waals surface area (Å²) in [5, 5.41) is 10.1. The number of aromatic nitrogens is 4. The van der Waals surface area contributed by atoms with E-state index in [2.05, 4.69) is 20.3 Å². The van der Waals surface area contributed by atoms with Crippen molar-refractivity contribution in [1.29, 1.82) is 0 Å². The predicted octanol–water partition coefficient (Wildman–Crippen LogP) is -0.0816. The Morgan fingerprint density at radius 1 is 1.58 bits per heavy atom. The topological polar surface area (TPSA) is 93.6 Å². The highest BCUT2D eigenvalue weighted by atomic mass is 16.5. The molecule has 3 N–H and O–H groups in total. The van der Waals surface area contributed by atoms with Crippen LogP contribution in [0.25, 0.3) is 11.6 Å². The number of hydrogen-bond acceptors (Lipinski definition) is 5. The minimum atomic E-state index is 0.275. The molecular weight excluding hydrogens is 158 g/mol. The Morgan fingerprint density at radius 3 is 3.08 bits per heavy atom. The number of hydrogen-bond donors (Lipinski definition) is 2. The first-order valence-corrected chi connectivity index (χ1v) is 3.42. The molecule has 2 rings (SSSR count). The maximum absolute atomic E-state index is 5.31. The highest BCUT2D eigenvalue weighted by Gasteiger charge is 2.07. The lowest BCUT2D eigenvalue weighted by Gasteiger charge is -1.82. The quantitative estimate of drug-likeness (QED) is 0.649. The highest BCUT2D eigenvalue weighted by Crippen LogP contribution is 2.11. The first-order valence-electron chi connectivity index (χ1n) is 3.42. The smallest absolute Gasteiger partial charge is 0.275 e. The summed E-state index contributed by atoms with van der Waals surface area (Å²) in [6.07, 6.45) is 1.61. The van der Waals surface area contributed by atoms with Gasteiger partial charge in [0.1, 0.15) is 5.69 Å². The van der Waals surface area contributed by atoms with Crippen LogP contribution in [0.5, 0.6) is 0 Å². The van der Waals surface area contributed by atoms with Crippen molar-refractivity contribution >= 4 is 0 Å². The summed E-state index contributed by atoms with van der Waals surface area (Å²) in [5.41, 5.74) is 6.00. The number of aromatic amines is 1. The highest BCUT2D eigenvalue weighted by molar-refractivity contribution is 5.44. The molecule has 0 unspecified atom stereocenters. The Balaban J connectivity index is 2.35. The van der Waals surface area contributed by atoms with Gasteiger partial charge in [0.2, 0.25) is 0 Å². The first kappa shape index (κ1) is 6.99. The molecule has 0 spiro atoms. The van der Waals surface area contributed by atoms with E-state index in [4.69, 9.17) is 10.3 Å². The van der Waals surface area contributed by atoms with E-state index in [0.29, 0.717) is 17.4 Å². The standard InChI is InChI=1S/C6H7N5O/c7-3-5-9-6(12-11-5)4-1-2-8-10-4/h1-2H,3,7H2,(H,8,10). The maximum Gasteiger partial charge on any atom is 0.275 e. The fourth-order valence-electron chi connectivity index (χ4n) is 0.821. The van der Waals surface area contributed by atoms with Gasteiger partial charge in [0.15, 0.2) is 5.82 Å². The fourth-order valence-corrected chi connectivity index (χ4v) is 0.821. The van der Waals surface area contributed by atoms with Gasteiger partial charge in [-0.1, -0.05) is 5.16 Å². The van der Waals surface area contributed by atoms with Crippen molar-refractivity contribution in [3.63, 3.8) is 0 Å². The Labute approximate surface area is 67.8 Å². The molecule has 0 radical (unpaired) electrons. The van der Waals surface area contributed by atoms with E-state index >= 15 is 0 Å². The van der Waals surface area contributed by atoms with Gasteiger partial charge in [-0.2, -0.15) is 10.1 Å². The van der Waals surface area contributed by atoms with E-state index in [-0.39, 0.29) is 6.54 Å². The van der Waals surface area contributed by atoms with E-state index in [1.807, 2.05) is 0 Å². The lowest BCUT2D eigenvalue weighted by Crippen LogP contribution is -1.97. The average Bonchev–Trinajstić information content (AvgIpc) is 2.75. The predicted molar refractivity (Wildman–Crippen MR) is 39.8 cm³/mol. The van der Waals surface area contributed by atoms with Crippen molar-refractivity contribution in [3.05, 3.63) is 18.1 Å². The van der Waals surface area contributed by atoms with Crippen LogP contribution in [0, 0.1) is 0 Å². The summed E-state index contributed by atoms with van der Waals surface area (Å²) in [6, 6.07) is 1.74. The zero-order valence-electron chi connectivity index (χ0n) is 6.19. The van der Waals surface area contributed by atoms with Crippen LogP contribution in [0.1, 0.15) is 5.82 Å². The van der Waals surface area contributed by atoms with Crippen molar-refractivity contribution in [1.82, 2.24) is 20.3 Å². The van der Waals surface area contributed by atoms with Crippen LogP contribution < -0.4 is 5.73 Å². The Bertz CT molecular complexity index is 352. The van der Waals surface area contributed by atoms with Crippen molar-refractivity contribution < 1.29 is 4.52 Å². The molecule has 62 valence electrons. The van der Waals surface area contributed by atoms with Crippen molar-refractivity contribution in [2.24, 2.45) is 5.73 Å². The van der Waals surface area contributed by atoms with Gasteiger partial charge in [-0.3, -0.25) is 5.10 Å². The van der Waals surface area contributed by atoms with Crippen LogP contribution in [0.15, 0.2) is 16.8 Å². The lowest BCUT2D eigenvalue weighted by molar-refractivity contribution is 0.421. The molecule has 0 aliphatic heterocycles. The molecule has 0 aliphatic carbocycles. The second kappa shape index (κ2) is 2.74. The van der Waals surface area contributed by atoms with Crippen molar-refractivity contribution in [2.75, 3.05) is 0 Å². The van der Waals surface area contributed by atoms with Crippen molar-refractivity contribution in [2.45, 2.75) is 6.54 Å². The molecular formula is C6H7N5O. The zero-order chi connectivity index (χ0) is 8.39. The molecule has 12 heavy (non-hydrogen) atoms. The first-order chi connectivity index (χ1) is 5.90. The van der Waals surface area contributed by atoms with Gasteiger partial charge < -0.3 is 10.3 Å². The Morgan fingerprint density at radius 2 is 2.50 bits per heavy atom. The van der Waals surface area contributed by atoms with Gasteiger partial charge >= 0.3 is 0 Å². The molecule has 0 atom stereocenters. The van der Waals surface area contributed by atoms with Gasteiger partial charge in [0.05, 0.1) is 6.54 Å². The summed E-state index contributed by atoms with van der Waals surface area (Å²) in [6.45, 7) is 0.275. The average molecular weight is 165 g/mol. The van der Waals surface area contributed by atoms with Gasteiger partial charge in [0, 0.05) is 6.20 Å². The monoisotopic (exact) mass is 165 g/mol. The number of rotatable bonds is 2. The number of nitrogens with two attached hydrogens (primary N) is 1. The number of H-pyrrole nitrogens is 1. The van der Waals surface area contributed by atoms with E-state index in [9.17, 15) is 0 Å². The third-order valence-corrected chi connectivity index (χ3v) is 1.38. The largest absolute Gasteiger partial charge is 0.332 e. The van der Waals surface area contributed by atoms with Gasteiger partial charge in [-0.25, -0.2) is 0 Å². The van der Waals surface area contributed by atoms with Crippen LogP contribution in [-0.4, -0.2) is 20.3 Å². The molecule has 2 aromatic heterocycles. The molecule has 0 fully saturated rings. The summed E-state index contributed by atoms with van der Waals surface area (Å²) in [4.78, 5) is 4.00. The molecule has 0 amide bonds.